The van der Waals surface area contributed by atoms with Crippen LogP contribution >= 0.6 is 22.9 Å². The summed E-state index contributed by atoms with van der Waals surface area (Å²) in [4.78, 5) is 43.2. The molecule has 0 aliphatic carbocycles. The second-order valence-corrected chi connectivity index (χ2v) is 10.3. The molecule has 8 nitrogen and oxygen atoms in total. The summed E-state index contributed by atoms with van der Waals surface area (Å²) < 4.78 is 13.1. The van der Waals surface area contributed by atoms with Crippen molar-refractivity contribution >= 4 is 41.0 Å². The highest BCUT2D eigenvalue weighted by Crippen LogP contribution is 2.31. The molecular weight excluding hydrogens is 540 g/mol. The third kappa shape index (κ3) is 4.98. The molecule has 2 aromatic heterocycles. The van der Waals surface area contributed by atoms with Gasteiger partial charge in [0.2, 0.25) is 0 Å². The first-order chi connectivity index (χ1) is 18.7. The van der Waals surface area contributed by atoms with E-state index in [0.717, 1.165) is 11.1 Å². The zero-order valence-corrected chi connectivity index (χ0v) is 22.8. The highest BCUT2D eigenvalue weighted by Gasteiger charge is 2.33. The van der Waals surface area contributed by atoms with E-state index in [1.807, 2.05) is 31.2 Å². The lowest BCUT2D eigenvalue weighted by atomic mass is 9.95. The average Bonchev–Trinajstić information content (AvgIpc) is 3.48. The van der Waals surface area contributed by atoms with E-state index in [1.165, 1.54) is 28.0 Å². The minimum atomic E-state index is -1.14. The van der Waals surface area contributed by atoms with Gasteiger partial charge in [0.25, 0.3) is 5.56 Å². The van der Waals surface area contributed by atoms with Crippen LogP contribution in [-0.4, -0.2) is 28.2 Å². The van der Waals surface area contributed by atoms with Crippen molar-refractivity contribution in [3.63, 3.8) is 0 Å². The number of thiazole rings is 1. The number of aryl methyl sites for hydroxylation is 1. The Labute approximate surface area is 231 Å². The number of allylic oxidation sites excluding steroid dienone is 1. The van der Waals surface area contributed by atoms with Gasteiger partial charge in [-0.05, 0) is 56.7 Å². The van der Waals surface area contributed by atoms with Crippen molar-refractivity contribution in [2.45, 2.75) is 26.8 Å². The Balaban J connectivity index is 1.61. The van der Waals surface area contributed by atoms with Crippen molar-refractivity contribution < 1.29 is 23.8 Å². The highest BCUT2D eigenvalue weighted by atomic mass is 35.5. The number of carbonyl (C=O) groups is 2. The van der Waals surface area contributed by atoms with Crippen LogP contribution < -0.4 is 14.9 Å². The molecule has 0 radical (unpaired) electrons. The number of carboxylic acid groups (broad SMARTS) is 1. The molecule has 0 fully saturated rings. The molecule has 0 bridgehead atoms. The molecule has 4 aromatic rings. The molecule has 5 rings (SSSR count). The van der Waals surface area contributed by atoms with E-state index in [0.29, 0.717) is 37.7 Å². The van der Waals surface area contributed by atoms with Crippen LogP contribution in [-0.2, 0) is 9.53 Å². The molecule has 1 aliphatic rings. The molecule has 10 heteroatoms. The van der Waals surface area contributed by atoms with Gasteiger partial charge >= 0.3 is 11.9 Å². The quantitative estimate of drug-likeness (QED) is 0.340. The van der Waals surface area contributed by atoms with E-state index in [1.54, 1.807) is 38.1 Å². The summed E-state index contributed by atoms with van der Waals surface area (Å²) in [7, 11) is 0. The SMILES string of the molecule is CCOC(=O)C1=C(C)N=c2sc(=Cc3ccc(-c4ccc(Cl)c(C(=O)O)c4)o3)c(=O)n2C1c1ccc(C)cc1. The third-order valence-electron chi connectivity index (χ3n) is 6.29. The number of nitrogens with zero attached hydrogens (tertiary/aromatic N) is 2. The number of furan rings is 1. The Bertz CT molecular complexity index is 1830. The van der Waals surface area contributed by atoms with Crippen molar-refractivity contribution in [3.05, 3.63) is 113 Å². The predicted molar refractivity (Wildman–Crippen MR) is 148 cm³/mol. The fourth-order valence-electron chi connectivity index (χ4n) is 4.41. The lowest BCUT2D eigenvalue weighted by Crippen LogP contribution is -2.39. The zero-order chi connectivity index (χ0) is 27.8. The van der Waals surface area contributed by atoms with Gasteiger partial charge in [-0.15, -0.1) is 0 Å². The molecule has 0 spiro atoms. The van der Waals surface area contributed by atoms with Gasteiger partial charge in [-0.1, -0.05) is 52.8 Å². The molecule has 3 heterocycles. The average molecular weight is 563 g/mol. The van der Waals surface area contributed by atoms with Crippen molar-refractivity contribution in [1.82, 2.24) is 4.57 Å². The van der Waals surface area contributed by atoms with E-state index in [2.05, 4.69) is 4.99 Å². The first kappa shape index (κ1) is 26.4. The van der Waals surface area contributed by atoms with Gasteiger partial charge in [-0.3, -0.25) is 9.36 Å². The number of hydrogen-bond donors (Lipinski definition) is 1. The fourth-order valence-corrected chi connectivity index (χ4v) is 5.64. The smallest absolute Gasteiger partial charge is 0.338 e. The van der Waals surface area contributed by atoms with Gasteiger partial charge in [0, 0.05) is 11.6 Å². The Morgan fingerprint density at radius 1 is 1.15 bits per heavy atom. The summed E-state index contributed by atoms with van der Waals surface area (Å²) in [5.41, 5.74) is 2.80. The number of ether oxygens (including phenoxy) is 1. The van der Waals surface area contributed by atoms with Crippen molar-refractivity contribution in [2.24, 2.45) is 4.99 Å². The molecule has 0 amide bonds. The van der Waals surface area contributed by atoms with Crippen molar-refractivity contribution in [1.29, 1.82) is 0 Å². The van der Waals surface area contributed by atoms with Crippen LogP contribution in [0, 0.1) is 6.92 Å². The topological polar surface area (TPSA) is 111 Å². The highest BCUT2D eigenvalue weighted by molar-refractivity contribution is 7.07. The number of esters is 1. The molecule has 1 N–H and O–H groups in total. The number of fused-ring (bicyclic) bond motifs is 1. The maximum atomic E-state index is 13.7. The zero-order valence-electron chi connectivity index (χ0n) is 21.2. The Morgan fingerprint density at radius 2 is 1.90 bits per heavy atom. The van der Waals surface area contributed by atoms with Gasteiger partial charge < -0.3 is 14.3 Å². The number of aromatic carboxylic acids is 1. The predicted octanol–water partition coefficient (Wildman–Crippen LogP) is 4.72. The first-order valence-corrected chi connectivity index (χ1v) is 13.3. The third-order valence-corrected chi connectivity index (χ3v) is 7.60. The Kier molecular flexibility index (Phi) is 7.12. The number of rotatable bonds is 6. The van der Waals surface area contributed by atoms with Crippen LogP contribution in [0.5, 0.6) is 0 Å². The molecule has 0 saturated carbocycles. The number of hydrogen-bond acceptors (Lipinski definition) is 7. The van der Waals surface area contributed by atoms with Crippen LogP contribution in [0.1, 0.15) is 47.1 Å². The van der Waals surface area contributed by atoms with Crippen LogP contribution in [0.3, 0.4) is 0 Å². The molecular formula is C29H23ClN2O6S. The normalized spacial score (nSPS) is 15.2. The lowest BCUT2D eigenvalue weighted by Gasteiger charge is -2.24. The number of aromatic nitrogens is 1. The van der Waals surface area contributed by atoms with Gasteiger partial charge in [0.05, 0.1) is 39.0 Å². The molecule has 1 aliphatic heterocycles. The fraction of sp³-hybridized carbons (Fsp3) is 0.172. The molecule has 39 heavy (non-hydrogen) atoms. The molecule has 2 aromatic carbocycles. The first-order valence-electron chi connectivity index (χ1n) is 12.1. The minimum absolute atomic E-state index is 0.0377. The maximum Gasteiger partial charge on any atom is 0.338 e. The van der Waals surface area contributed by atoms with E-state index < -0.39 is 18.0 Å². The van der Waals surface area contributed by atoms with Crippen LogP contribution in [0.4, 0.5) is 0 Å². The summed E-state index contributed by atoms with van der Waals surface area (Å²) in [6.45, 7) is 5.63. The minimum Gasteiger partial charge on any atom is -0.478 e. The number of halogens is 1. The second kappa shape index (κ2) is 10.5. The van der Waals surface area contributed by atoms with Crippen LogP contribution in [0.2, 0.25) is 5.02 Å². The maximum absolute atomic E-state index is 13.7. The molecule has 0 saturated heterocycles. The van der Waals surface area contributed by atoms with E-state index >= 15 is 0 Å². The van der Waals surface area contributed by atoms with Gasteiger partial charge in [-0.25, -0.2) is 14.6 Å². The summed E-state index contributed by atoms with van der Waals surface area (Å²) >= 11 is 7.17. The van der Waals surface area contributed by atoms with Gasteiger partial charge in [0.15, 0.2) is 4.80 Å². The summed E-state index contributed by atoms with van der Waals surface area (Å²) in [5, 5.41) is 9.49. The molecule has 198 valence electrons. The molecule has 1 unspecified atom stereocenters. The van der Waals surface area contributed by atoms with Gasteiger partial charge in [-0.2, -0.15) is 0 Å². The van der Waals surface area contributed by atoms with E-state index in [4.69, 9.17) is 20.8 Å². The van der Waals surface area contributed by atoms with Crippen molar-refractivity contribution in [2.75, 3.05) is 6.61 Å². The van der Waals surface area contributed by atoms with Crippen LogP contribution in [0.15, 0.2) is 80.1 Å². The number of carbonyl (C=O) groups excluding carboxylic acids is 1. The van der Waals surface area contributed by atoms with Crippen molar-refractivity contribution in [3.8, 4) is 11.3 Å². The number of carboxylic acids is 1. The summed E-state index contributed by atoms with van der Waals surface area (Å²) in [5.74, 6) is -0.838. The summed E-state index contributed by atoms with van der Waals surface area (Å²) in [6.07, 6.45) is 1.61. The van der Waals surface area contributed by atoms with Crippen LogP contribution in [0.25, 0.3) is 17.4 Å². The molecule has 1 atom stereocenters. The van der Waals surface area contributed by atoms with Gasteiger partial charge in [0.1, 0.15) is 11.5 Å². The lowest BCUT2D eigenvalue weighted by molar-refractivity contribution is -0.139. The monoisotopic (exact) mass is 562 g/mol. The largest absolute Gasteiger partial charge is 0.478 e. The standard InChI is InChI=1S/C29H23ClN2O6S/c1-4-37-28(36)24-16(3)31-29-32(25(24)17-7-5-15(2)6-8-17)26(33)23(39-29)14-19-10-12-22(38-19)18-9-11-21(30)20(13-18)27(34)35/h5-14,25H,4H2,1-3H3,(H,34,35). The second-order valence-electron chi connectivity index (χ2n) is 8.91. The summed E-state index contributed by atoms with van der Waals surface area (Å²) in [6, 6.07) is 14.9. The Hall–Kier alpha value is -4.21. The Morgan fingerprint density at radius 3 is 2.59 bits per heavy atom. The van der Waals surface area contributed by atoms with E-state index in [-0.39, 0.29) is 22.8 Å². The number of benzene rings is 2. The van der Waals surface area contributed by atoms with E-state index in [9.17, 15) is 19.5 Å².